The average molecular weight is 397 g/mol. The minimum atomic E-state index is -0.128. The van der Waals surface area contributed by atoms with Crippen LogP contribution in [-0.2, 0) is 17.1 Å². The number of fused-ring (bicyclic) bond motifs is 1. The molecule has 0 saturated heterocycles. The first-order valence-electron chi connectivity index (χ1n) is 9.31. The monoisotopic (exact) mass is 396 g/mol. The van der Waals surface area contributed by atoms with Gasteiger partial charge < -0.3 is 15.6 Å². The van der Waals surface area contributed by atoms with Crippen LogP contribution in [0.2, 0.25) is 0 Å². The zero-order valence-corrected chi connectivity index (χ0v) is 16.6. The number of anilines is 1. The van der Waals surface area contributed by atoms with Crippen molar-refractivity contribution in [3.63, 3.8) is 0 Å². The summed E-state index contributed by atoms with van der Waals surface area (Å²) in [5.41, 5.74) is 2.48. The van der Waals surface area contributed by atoms with Crippen molar-refractivity contribution >= 4 is 34.3 Å². The number of amides is 1. The van der Waals surface area contributed by atoms with E-state index in [4.69, 9.17) is 0 Å². The summed E-state index contributed by atoms with van der Waals surface area (Å²) in [7, 11) is 0. The minimum absolute atomic E-state index is 0.0172. The first kappa shape index (κ1) is 20.1. The minimum Gasteiger partial charge on any atom is -0.326 e. The molecule has 0 bridgehead atoms. The summed E-state index contributed by atoms with van der Waals surface area (Å²) in [4.78, 5) is 31.6. The SMILES string of the molecule is CCNCc1ccccc1NC(=O)CCSCc1nc2ccccc2c(=O)[nH]1. The Bertz CT molecular complexity index is 1000. The largest absolute Gasteiger partial charge is 0.326 e. The van der Waals surface area contributed by atoms with Crippen molar-refractivity contribution in [2.45, 2.75) is 25.6 Å². The molecule has 0 aliphatic carbocycles. The van der Waals surface area contributed by atoms with Crippen LogP contribution in [0.5, 0.6) is 0 Å². The van der Waals surface area contributed by atoms with Crippen LogP contribution < -0.4 is 16.2 Å². The number of para-hydroxylation sites is 2. The van der Waals surface area contributed by atoms with Crippen LogP contribution in [0.15, 0.2) is 53.3 Å². The molecule has 3 N–H and O–H groups in total. The third kappa shape index (κ3) is 5.43. The molecule has 6 nitrogen and oxygen atoms in total. The molecule has 146 valence electrons. The Hall–Kier alpha value is -2.64. The summed E-state index contributed by atoms with van der Waals surface area (Å²) >= 11 is 1.57. The van der Waals surface area contributed by atoms with E-state index in [0.29, 0.717) is 34.7 Å². The van der Waals surface area contributed by atoms with Crippen LogP contribution in [0, 0.1) is 0 Å². The maximum absolute atomic E-state index is 12.3. The third-order valence-corrected chi connectivity index (χ3v) is 5.20. The van der Waals surface area contributed by atoms with Crippen molar-refractivity contribution < 1.29 is 4.79 Å². The normalized spacial score (nSPS) is 10.9. The zero-order chi connectivity index (χ0) is 19.8. The first-order chi connectivity index (χ1) is 13.7. The molecule has 0 spiro atoms. The van der Waals surface area contributed by atoms with Gasteiger partial charge in [0.05, 0.1) is 16.7 Å². The maximum Gasteiger partial charge on any atom is 0.258 e. The van der Waals surface area contributed by atoms with Gasteiger partial charge in [-0.15, -0.1) is 0 Å². The van der Waals surface area contributed by atoms with E-state index in [0.717, 1.165) is 24.3 Å². The van der Waals surface area contributed by atoms with Crippen molar-refractivity contribution in [2.75, 3.05) is 17.6 Å². The van der Waals surface area contributed by atoms with Gasteiger partial charge in [0, 0.05) is 24.4 Å². The molecule has 0 fully saturated rings. The molecule has 3 aromatic rings. The number of carbonyl (C=O) groups is 1. The van der Waals surface area contributed by atoms with E-state index in [1.807, 2.05) is 42.5 Å². The van der Waals surface area contributed by atoms with Gasteiger partial charge in [0.1, 0.15) is 5.82 Å². The third-order valence-electron chi connectivity index (χ3n) is 4.23. The number of H-pyrrole nitrogens is 1. The van der Waals surface area contributed by atoms with Crippen LogP contribution in [0.1, 0.15) is 24.7 Å². The van der Waals surface area contributed by atoms with Gasteiger partial charge in [-0.25, -0.2) is 4.98 Å². The molecule has 0 unspecified atom stereocenters. The van der Waals surface area contributed by atoms with E-state index in [1.165, 1.54) is 0 Å². The highest BCUT2D eigenvalue weighted by atomic mass is 32.2. The molecule has 0 saturated carbocycles. The molecule has 0 aliphatic rings. The lowest BCUT2D eigenvalue weighted by Gasteiger charge is -2.11. The van der Waals surface area contributed by atoms with Gasteiger partial charge in [-0.1, -0.05) is 37.3 Å². The van der Waals surface area contributed by atoms with Crippen LogP contribution in [0.3, 0.4) is 0 Å². The number of carbonyl (C=O) groups excluding carboxylic acids is 1. The number of hydrogen-bond acceptors (Lipinski definition) is 5. The number of nitrogens with zero attached hydrogens (tertiary/aromatic N) is 1. The lowest BCUT2D eigenvalue weighted by Crippen LogP contribution is -2.17. The lowest BCUT2D eigenvalue weighted by atomic mass is 10.1. The average Bonchev–Trinajstić information content (AvgIpc) is 2.71. The molecule has 0 aliphatic heterocycles. The molecule has 0 atom stereocenters. The molecular formula is C21H24N4O2S. The molecule has 3 rings (SSSR count). The summed E-state index contributed by atoms with van der Waals surface area (Å²) in [5.74, 6) is 1.82. The van der Waals surface area contributed by atoms with Crippen molar-refractivity contribution in [1.82, 2.24) is 15.3 Å². The fourth-order valence-electron chi connectivity index (χ4n) is 2.81. The van der Waals surface area contributed by atoms with E-state index in [-0.39, 0.29) is 11.5 Å². The van der Waals surface area contributed by atoms with Crippen LogP contribution in [-0.4, -0.2) is 28.2 Å². The Morgan fingerprint density at radius 3 is 2.79 bits per heavy atom. The van der Waals surface area contributed by atoms with Gasteiger partial charge in [0.15, 0.2) is 0 Å². The Kier molecular flexibility index (Phi) is 7.22. The van der Waals surface area contributed by atoms with E-state index < -0.39 is 0 Å². The first-order valence-corrected chi connectivity index (χ1v) is 10.5. The second kappa shape index (κ2) is 10.1. The van der Waals surface area contributed by atoms with Gasteiger partial charge >= 0.3 is 0 Å². The number of thioether (sulfide) groups is 1. The van der Waals surface area contributed by atoms with Gasteiger partial charge in [-0.05, 0) is 30.3 Å². The fraction of sp³-hybridized carbons (Fsp3) is 0.286. The highest BCUT2D eigenvalue weighted by Crippen LogP contribution is 2.16. The predicted molar refractivity (Wildman–Crippen MR) is 116 cm³/mol. The lowest BCUT2D eigenvalue weighted by molar-refractivity contribution is -0.115. The summed E-state index contributed by atoms with van der Waals surface area (Å²) in [6.45, 7) is 3.66. The van der Waals surface area contributed by atoms with Gasteiger partial charge in [0.25, 0.3) is 5.56 Å². The fourth-order valence-corrected chi connectivity index (χ4v) is 3.61. The number of aromatic amines is 1. The number of hydrogen-bond donors (Lipinski definition) is 3. The summed E-state index contributed by atoms with van der Waals surface area (Å²) in [6.07, 6.45) is 0.401. The van der Waals surface area contributed by atoms with E-state index in [2.05, 4.69) is 27.5 Å². The summed E-state index contributed by atoms with van der Waals surface area (Å²) in [5, 5.41) is 6.85. The number of rotatable bonds is 9. The highest BCUT2D eigenvalue weighted by Gasteiger charge is 2.07. The Morgan fingerprint density at radius 1 is 1.14 bits per heavy atom. The Morgan fingerprint density at radius 2 is 1.93 bits per heavy atom. The van der Waals surface area contributed by atoms with Crippen LogP contribution >= 0.6 is 11.8 Å². The van der Waals surface area contributed by atoms with Crippen molar-refractivity contribution in [3.8, 4) is 0 Å². The molecule has 7 heteroatoms. The smallest absolute Gasteiger partial charge is 0.258 e. The van der Waals surface area contributed by atoms with Gasteiger partial charge in [-0.2, -0.15) is 11.8 Å². The number of nitrogens with one attached hydrogen (secondary N) is 3. The van der Waals surface area contributed by atoms with Crippen molar-refractivity contribution in [1.29, 1.82) is 0 Å². The van der Waals surface area contributed by atoms with Crippen LogP contribution in [0.4, 0.5) is 5.69 Å². The van der Waals surface area contributed by atoms with Crippen molar-refractivity contribution in [3.05, 3.63) is 70.3 Å². The van der Waals surface area contributed by atoms with E-state index in [9.17, 15) is 9.59 Å². The van der Waals surface area contributed by atoms with E-state index in [1.54, 1.807) is 17.8 Å². The summed E-state index contributed by atoms with van der Waals surface area (Å²) < 4.78 is 0. The topological polar surface area (TPSA) is 86.9 Å². The maximum atomic E-state index is 12.3. The molecule has 1 amide bonds. The number of benzene rings is 2. The molecule has 1 heterocycles. The highest BCUT2D eigenvalue weighted by molar-refractivity contribution is 7.98. The molecular weight excluding hydrogens is 372 g/mol. The summed E-state index contributed by atoms with van der Waals surface area (Å²) in [6, 6.07) is 15.1. The van der Waals surface area contributed by atoms with E-state index >= 15 is 0 Å². The zero-order valence-electron chi connectivity index (χ0n) is 15.8. The molecule has 0 radical (unpaired) electrons. The van der Waals surface area contributed by atoms with Crippen LogP contribution in [0.25, 0.3) is 10.9 Å². The molecule has 2 aromatic carbocycles. The quantitative estimate of drug-likeness (QED) is 0.483. The van der Waals surface area contributed by atoms with Gasteiger partial charge in [-0.3, -0.25) is 9.59 Å². The Balaban J connectivity index is 1.49. The second-order valence-electron chi connectivity index (χ2n) is 6.32. The standard InChI is InChI=1S/C21H24N4O2S/c1-2-22-13-15-7-3-5-9-17(15)24-20(26)11-12-28-14-19-23-18-10-6-4-8-16(18)21(27)25-19/h3-10,22H,2,11-14H2,1H3,(H,24,26)(H,23,25,27). The predicted octanol–water partition coefficient (Wildman–Crippen LogP) is 3.29. The second-order valence-corrected chi connectivity index (χ2v) is 7.42. The molecule has 1 aromatic heterocycles. The Labute approximate surface area is 168 Å². The molecule has 28 heavy (non-hydrogen) atoms. The number of aromatic nitrogens is 2. The van der Waals surface area contributed by atoms with Crippen molar-refractivity contribution in [2.24, 2.45) is 0 Å². The van der Waals surface area contributed by atoms with Gasteiger partial charge in [0.2, 0.25) is 5.91 Å².